The monoisotopic (exact) mass is 471 g/mol. The molecule has 180 valence electrons. The summed E-state index contributed by atoms with van der Waals surface area (Å²) in [4.78, 5) is 39.3. The Labute approximate surface area is 203 Å². The highest BCUT2D eigenvalue weighted by Crippen LogP contribution is 2.32. The number of hydrogen-bond donors (Lipinski definition) is 3. The molecule has 0 bridgehead atoms. The number of benzene rings is 2. The first-order valence-corrected chi connectivity index (χ1v) is 12.0. The Balaban J connectivity index is 1.38. The lowest BCUT2D eigenvalue weighted by molar-refractivity contribution is -0.124. The van der Waals surface area contributed by atoms with Gasteiger partial charge in [0, 0.05) is 40.8 Å². The Morgan fingerprint density at radius 1 is 0.971 bits per heavy atom. The molecule has 0 radical (unpaired) electrons. The Bertz CT molecular complexity index is 1300. The number of likely N-dealkylation sites (tertiary alicyclic amines) is 1. The van der Waals surface area contributed by atoms with Crippen LogP contribution < -0.4 is 16.4 Å². The number of anilines is 1. The van der Waals surface area contributed by atoms with Crippen molar-refractivity contribution in [3.8, 4) is 0 Å². The third-order valence-electron chi connectivity index (χ3n) is 6.90. The van der Waals surface area contributed by atoms with E-state index >= 15 is 0 Å². The SMILES string of the molecule is NC(=O)C1CCN(CCCn2cc(C3=C(Nc4ccccc4)C(=O)NC3=O)c3ccccc32)CC1. The van der Waals surface area contributed by atoms with Crippen LogP contribution >= 0.6 is 0 Å². The minimum absolute atomic E-state index is 0.00515. The molecule has 8 nitrogen and oxygen atoms in total. The van der Waals surface area contributed by atoms with E-state index in [2.05, 4.69) is 20.1 Å². The fourth-order valence-electron chi connectivity index (χ4n) is 5.03. The number of nitrogens with two attached hydrogens (primary N) is 1. The molecule has 0 spiro atoms. The molecule has 5 rings (SSSR count). The van der Waals surface area contributed by atoms with Crippen molar-refractivity contribution >= 4 is 39.9 Å². The predicted octanol–water partition coefficient (Wildman–Crippen LogP) is 2.71. The van der Waals surface area contributed by atoms with E-state index in [1.165, 1.54) is 0 Å². The molecule has 3 amide bonds. The van der Waals surface area contributed by atoms with Crippen molar-refractivity contribution in [2.24, 2.45) is 11.7 Å². The number of hydrogen-bond acceptors (Lipinski definition) is 5. The van der Waals surface area contributed by atoms with Gasteiger partial charge in [0.15, 0.2) is 0 Å². The number of fused-ring (bicyclic) bond motifs is 1. The Kier molecular flexibility index (Phi) is 6.37. The van der Waals surface area contributed by atoms with Crippen LogP contribution in [0.4, 0.5) is 5.69 Å². The third kappa shape index (κ3) is 4.70. The molecule has 1 aromatic heterocycles. The fraction of sp³-hybridized carbons (Fsp3) is 0.296. The molecule has 0 unspecified atom stereocenters. The summed E-state index contributed by atoms with van der Waals surface area (Å²) >= 11 is 0. The van der Waals surface area contributed by atoms with Gasteiger partial charge >= 0.3 is 0 Å². The lowest BCUT2D eigenvalue weighted by Crippen LogP contribution is -2.39. The van der Waals surface area contributed by atoms with Gasteiger partial charge in [0.05, 0.1) is 5.57 Å². The normalized spacial score (nSPS) is 17.3. The third-order valence-corrected chi connectivity index (χ3v) is 6.90. The van der Waals surface area contributed by atoms with Crippen molar-refractivity contribution in [2.45, 2.75) is 25.8 Å². The summed E-state index contributed by atoms with van der Waals surface area (Å²) in [6.45, 7) is 3.47. The van der Waals surface area contributed by atoms with E-state index in [1.807, 2.05) is 60.8 Å². The number of para-hydroxylation sites is 2. The minimum Gasteiger partial charge on any atom is -0.369 e. The first-order chi connectivity index (χ1) is 17.0. The molecule has 2 aromatic carbocycles. The number of carbonyl (C=O) groups is 3. The first-order valence-electron chi connectivity index (χ1n) is 12.0. The summed E-state index contributed by atoms with van der Waals surface area (Å²) < 4.78 is 2.16. The average molecular weight is 472 g/mol. The van der Waals surface area contributed by atoms with Crippen LogP contribution in [0.15, 0.2) is 66.5 Å². The van der Waals surface area contributed by atoms with Gasteiger partial charge in [-0.05, 0) is 57.1 Å². The van der Waals surface area contributed by atoms with Crippen LogP contribution in [0.5, 0.6) is 0 Å². The van der Waals surface area contributed by atoms with E-state index < -0.39 is 11.8 Å². The van der Waals surface area contributed by atoms with E-state index in [0.29, 0.717) is 5.57 Å². The summed E-state index contributed by atoms with van der Waals surface area (Å²) in [5.74, 6) is -1.02. The number of rotatable bonds is 8. The van der Waals surface area contributed by atoms with Gasteiger partial charge in [0.25, 0.3) is 11.8 Å². The zero-order valence-corrected chi connectivity index (χ0v) is 19.5. The average Bonchev–Trinajstić information content (AvgIpc) is 3.36. The van der Waals surface area contributed by atoms with Crippen molar-refractivity contribution in [1.29, 1.82) is 0 Å². The smallest absolute Gasteiger partial charge is 0.275 e. The molecule has 0 aliphatic carbocycles. The quantitative estimate of drug-likeness (QED) is 0.438. The number of amides is 3. The van der Waals surface area contributed by atoms with E-state index in [-0.39, 0.29) is 17.5 Å². The molecule has 4 N–H and O–H groups in total. The second kappa shape index (κ2) is 9.76. The number of nitrogens with zero attached hydrogens (tertiary/aromatic N) is 2. The number of aryl methyl sites for hydroxylation is 1. The molecule has 0 saturated carbocycles. The highest BCUT2D eigenvalue weighted by atomic mass is 16.2. The molecule has 1 saturated heterocycles. The zero-order chi connectivity index (χ0) is 24.4. The van der Waals surface area contributed by atoms with E-state index in [1.54, 1.807) is 0 Å². The van der Waals surface area contributed by atoms with Gasteiger partial charge in [0.1, 0.15) is 5.70 Å². The van der Waals surface area contributed by atoms with Crippen LogP contribution in [0.2, 0.25) is 0 Å². The van der Waals surface area contributed by atoms with Crippen molar-refractivity contribution < 1.29 is 14.4 Å². The molecule has 35 heavy (non-hydrogen) atoms. The van der Waals surface area contributed by atoms with Gasteiger partial charge in [-0.15, -0.1) is 0 Å². The molecule has 3 aromatic rings. The molecule has 2 aliphatic rings. The predicted molar refractivity (Wildman–Crippen MR) is 135 cm³/mol. The van der Waals surface area contributed by atoms with Crippen molar-refractivity contribution in [3.63, 3.8) is 0 Å². The number of primary amides is 1. The van der Waals surface area contributed by atoms with E-state index in [4.69, 9.17) is 5.73 Å². The standard InChI is InChI=1S/C27H29N5O3/c28-25(33)18-11-15-31(16-12-18)13-6-14-32-17-21(20-9-4-5-10-22(20)32)23-24(27(35)30-26(23)34)29-19-7-2-1-3-8-19/h1-5,7-10,17-18H,6,11-16H2,(H2,28,33)(H2,29,30,34,35). The number of nitrogens with one attached hydrogen (secondary N) is 2. The Hall–Kier alpha value is -3.91. The number of carbonyl (C=O) groups excluding carboxylic acids is 3. The summed E-state index contributed by atoms with van der Waals surface area (Å²) in [6, 6.07) is 17.3. The summed E-state index contributed by atoms with van der Waals surface area (Å²) in [6.07, 6.45) is 4.55. The number of piperidine rings is 1. The largest absolute Gasteiger partial charge is 0.369 e. The lowest BCUT2D eigenvalue weighted by atomic mass is 9.96. The van der Waals surface area contributed by atoms with Crippen LogP contribution in [0.1, 0.15) is 24.8 Å². The van der Waals surface area contributed by atoms with Gasteiger partial charge < -0.3 is 20.5 Å². The van der Waals surface area contributed by atoms with Gasteiger partial charge in [-0.1, -0.05) is 36.4 Å². The highest BCUT2D eigenvalue weighted by Gasteiger charge is 2.33. The van der Waals surface area contributed by atoms with Crippen molar-refractivity contribution in [1.82, 2.24) is 14.8 Å². The van der Waals surface area contributed by atoms with Gasteiger partial charge in [-0.25, -0.2) is 0 Å². The molecule has 0 atom stereocenters. The zero-order valence-electron chi connectivity index (χ0n) is 19.5. The summed E-state index contributed by atoms with van der Waals surface area (Å²) in [7, 11) is 0. The molecule has 2 aliphatic heterocycles. The van der Waals surface area contributed by atoms with Gasteiger partial charge in [0.2, 0.25) is 5.91 Å². The van der Waals surface area contributed by atoms with Crippen molar-refractivity contribution in [3.05, 3.63) is 72.1 Å². The van der Waals surface area contributed by atoms with E-state index in [0.717, 1.165) is 67.6 Å². The molecule has 8 heteroatoms. The van der Waals surface area contributed by atoms with Crippen LogP contribution in [-0.2, 0) is 20.9 Å². The highest BCUT2D eigenvalue weighted by molar-refractivity contribution is 6.38. The molecule has 1 fully saturated rings. The first kappa shape index (κ1) is 22.9. The Morgan fingerprint density at radius 3 is 2.43 bits per heavy atom. The fourth-order valence-corrected chi connectivity index (χ4v) is 5.03. The molecule has 3 heterocycles. The maximum Gasteiger partial charge on any atom is 0.275 e. The second-order valence-corrected chi connectivity index (χ2v) is 9.15. The number of aromatic nitrogens is 1. The Morgan fingerprint density at radius 2 is 1.69 bits per heavy atom. The van der Waals surface area contributed by atoms with Crippen LogP contribution in [0.25, 0.3) is 16.5 Å². The molecular formula is C27H29N5O3. The maximum atomic E-state index is 12.9. The topological polar surface area (TPSA) is 109 Å². The maximum absolute atomic E-state index is 12.9. The van der Waals surface area contributed by atoms with Crippen molar-refractivity contribution in [2.75, 3.05) is 25.0 Å². The lowest BCUT2D eigenvalue weighted by Gasteiger charge is -2.30. The summed E-state index contributed by atoms with van der Waals surface area (Å²) in [5, 5.41) is 6.52. The number of imide groups is 1. The minimum atomic E-state index is -0.426. The van der Waals surface area contributed by atoms with Gasteiger partial charge in [-0.3, -0.25) is 19.7 Å². The van der Waals surface area contributed by atoms with Crippen LogP contribution in [-0.4, -0.2) is 46.8 Å². The van der Waals surface area contributed by atoms with Crippen LogP contribution in [0.3, 0.4) is 0 Å². The van der Waals surface area contributed by atoms with E-state index in [9.17, 15) is 14.4 Å². The van der Waals surface area contributed by atoms with Crippen LogP contribution in [0, 0.1) is 5.92 Å². The molecular weight excluding hydrogens is 442 g/mol. The van der Waals surface area contributed by atoms with Gasteiger partial charge in [-0.2, -0.15) is 0 Å². The second-order valence-electron chi connectivity index (χ2n) is 9.15. The summed E-state index contributed by atoms with van der Waals surface area (Å²) in [5.41, 5.74) is 8.58.